The number of rotatable bonds is 8. The first-order chi connectivity index (χ1) is 19.2. The van der Waals surface area contributed by atoms with Crippen LogP contribution >= 0.6 is 0 Å². The Hall–Kier alpha value is -4.68. The van der Waals surface area contributed by atoms with Gasteiger partial charge in [-0.1, -0.05) is 25.3 Å². The van der Waals surface area contributed by atoms with Crippen molar-refractivity contribution in [2.75, 3.05) is 12.4 Å². The van der Waals surface area contributed by atoms with E-state index in [2.05, 4.69) is 49.1 Å². The highest BCUT2D eigenvalue weighted by atomic mass is 19.1. The predicted octanol–water partition coefficient (Wildman–Crippen LogP) is 6.46. The number of nitrogens with one attached hydrogen (secondary N) is 1. The number of hydrogen-bond acceptors (Lipinski definition) is 6. The average molecular weight is 538 g/mol. The van der Waals surface area contributed by atoms with Gasteiger partial charge in [-0.15, -0.1) is 5.73 Å². The first-order valence-corrected chi connectivity index (χ1v) is 13.0. The quantitative estimate of drug-likeness (QED) is 0.149. The molecule has 3 N–H and O–H groups in total. The summed E-state index contributed by atoms with van der Waals surface area (Å²) < 4.78 is 13.7. The lowest BCUT2D eigenvalue weighted by molar-refractivity contribution is 0.468. The van der Waals surface area contributed by atoms with E-state index in [0.29, 0.717) is 34.9 Å². The van der Waals surface area contributed by atoms with E-state index in [1.165, 1.54) is 6.20 Å². The molecular formula is C32H36FN7. The third kappa shape index (κ3) is 5.98. The number of aliphatic imine (C=N–C) groups is 2. The van der Waals surface area contributed by atoms with Crippen LogP contribution in [0.5, 0.6) is 0 Å². The molecule has 1 aliphatic rings. The Balaban J connectivity index is 0.00000462. The maximum Gasteiger partial charge on any atom is 0.154 e. The van der Waals surface area contributed by atoms with Crippen LogP contribution in [0.2, 0.25) is 0 Å². The van der Waals surface area contributed by atoms with Gasteiger partial charge in [0.2, 0.25) is 0 Å². The van der Waals surface area contributed by atoms with Gasteiger partial charge in [0.1, 0.15) is 12.0 Å². The molecule has 0 unspecified atom stereocenters. The van der Waals surface area contributed by atoms with Crippen molar-refractivity contribution in [3.8, 4) is 11.1 Å². The average Bonchev–Trinajstić information content (AvgIpc) is 3.66. The van der Waals surface area contributed by atoms with Crippen molar-refractivity contribution in [1.82, 2.24) is 15.0 Å². The van der Waals surface area contributed by atoms with Gasteiger partial charge in [0, 0.05) is 66.3 Å². The molecule has 1 fully saturated rings. The fourth-order valence-corrected chi connectivity index (χ4v) is 4.69. The Labute approximate surface area is 236 Å². The monoisotopic (exact) mass is 537 g/mol. The summed E-state index contributed by atoms with van der Waals surface area (Å²) in [6.07, 6.45) is 4.42. The van der Waals surface area contributed by atoms with Crippen molar-refractivity contribution >= 4 is 22.8 Å². The number of hydrogen-bond donors (Lipinski definition) is 2. The number of allylic oxidation sites excluding steroid dienone is 2. The molecule has 4 rings (SSSR count). The van der Waals surface area contributed by atoms with Crippen LogP contribution in [0.3, 0.4) is 0 Å². The van der Waals surface area contributed by atoms with E-state index in [1.54, 1.807) is 19.3 Å². The molecule has 0 bridgehead atoms. The van der Waals surface area contributed by atoms with Crippen LogP contribution in [0.4, 0.5) is 10.1 Å². The Morgan fingerprint density at radius 3 is 2.45 bits per heavy atom. The number of alkyl halides is 1. The van der Waals surface area contributed by atoms with E-state index in [9.17, 15) is 4.39 Å². The molecular weight excluding hydrogens is 501 g/mol. The minimum Gasteiger partial charge on any atom is -0.404 e. The van der Waals surface area contributed by atoms with Crippen LogP contribution in [-0.4, -0.2) is 39.7 Å². The van der Waals surface area contributed by atoms with E-state index in [1.807, 2.05) is 58.0 Å². The van der Waals surface area contributed by atoms with Gasteiger partial charge < -0.3 is 11.1 Å². The molecule has 3 aromatic rings. The second kappa shape index (κ2) is 12.0. The van der Waals surface area contributed by atoms with Crippen LogP contribution in [0, 0.1) is 33.6 Å². The van der Waals surface area contributed by atoms with E-state index < -0.39 is 6.17 Å². The molecule has 2 heterocycles. The highest BCUT2D eigenvalue weighted by molar-refractivity contribution is 6.12. The zero-order valence-electron chi connectivity index (χ0n) is 23.6. The minimum atomic E-state index is -0.870. The van der Waals surface area contributed by atoms with Crippen molar-refractivity contribution in [2.45, 2.75) is 40.3 Å². The minimum absolute atomic E-state index is 0. The van der Waals surface area contributed by atoms with Crippen LogP contribution in [-0.2, 0) is 0 Å². The smallest absolute Gasteiger partial charge is 0.154 e. The van der Waals surface area contributed by atoms with Crippen LogP contribution in [0.1, 0.15) is 41.9 Å². The number of anilines is 1. The van der Waals surface area contributed by atoms with Crippen molar-refractivity contribution in [2.24, 2.45) is 21.6 Å². The summed E-state index contributed by atoms with van der Waals surface area (Å²) in [5.41, 5.74) is 17.8. The van der Waals surface area contributed by atoms with E-state index >= 15 is 0 Å². The Morgan fingerprint density at radius 2 is 1.88 bits per heavy atom. The largest absolute Gasteiger partial charge is 0.404 e. The number of pyridine rings is 1. The molecule has 2 atom stereocenters. The molecule has 0 spiro atoms. The van der Waals surface area contributed by atoms with E-state index in [-0.39, 0.29) is 7.34 Å². The number of halogens is 1. The van der Waals surface area contributed by atoms with Crippen LogP contribution in [0.15, 0.2) is 83.4 Å². The number of aryl methyl sites for hydroxylation is 4. The number of benzene rings is 1. The third-order valence-corrected chi connectivity index (χ3v) is 6.82. The highest BCUT2D eigenvalue weighted by Gasteiger charge is 2.40. The third-order valence-electron chi connectivity index (χ3n) is 6.82. The predicted molar refractivity (Wildman–Crippen MR) is 164 cm³/mol. The molecule has 1 saturated carbocycles. The number of aromatic nitrogens is 3. The highest BCUT2D eigenvalue weighted by Crippen LogP contribution is 2.36. The summed E-state index contributed by atoms with van der Waals surface area (Å²) in [5.74, 6) is 1.01. The van der Waals surface area contributed by atoms with Gasteiger partial charge in [0.25, 0.3) is 0 Å². The fourth-order valence-electron chi connectivity index (χ4n) is 4.69. The summed E-state index contributed by atoms with van der Waals surface area (Å²) in [7, 11) is 1.66. The van der Waals surface area contributed by atoms with E-state index in [4.69, 9.17) is 5.73 Å². The van der Waals surface area contributed by atoms with Crippen molar-refractivity contribution < 1.29 is 5.82 Å². The van der Waals surface area contributed by atoms with Crippen molar-refractivity contribution in [3.63, 3.8) is 0 Å². The zero-order chi connectivity index (χ0) is 29.0. The van der Waals surface area contributed by atoms with Gasteiger partial charge in [-0.3, -0.25) is 9.98 Å². The lowest BCUT2D eigenvalue weighted by Gasteiger charge is -2.16. The first kappa shape index (κ1) is 28.3. The van der Waals surface area contributed by atoms with Gasteiger partial charge in [0.05, 0.1) is 11.4 Å². The second-order valence-electron chi connectivity index (χ2n) is 9.68. The fraction of sp³-hybridized carbons (Fsp3) is 0.250. The maximum atomic E-state index is 13.7. The summed E-state index contributed by atoms with van der Waals surface area (Å²) in [6.45, 7) is 15.5. The Morgan fingerprint density at radius 1 is 1.18 bits per heavy atom. The van der Waals surface area contributed by atoms with Gasteiger partial charge in [-0.2, -0.15) is 0 Å². The molecule has 0 radical (unpaired) electrons. The normalized spacial score (nSPS) is 17.3. The number of nitrogens with two attached hydrogens (primary N) is 1. The summed E-state index contributed by atoms with van der Waals surface area (Å²) in [5, 5.41) is 3.41. The number of nitrogens with zero attached hydrogens (tertiary/aromatic N) is 5. The standard InChI is InChI=1S/C32H34FN7.H2/c1-8-27(24-16-26(24)33)40-32(35-7)23-11-10-18(3)29(15-23)39-28(9-2)25(17-34)30-14-22(12-13-36-30)31-19(4)37-21(6)38-20(31)5;/h8,10-15,17,24,26,39H,1-2,16,34H2,3-7H3;1H/b25-17-,35-32?,40-27?;/t24-,26-;/m0./s1. The summed E-state index contributed by atoms with van der Waals surface area (Å²) >= 11 is 0. The second-order valence-corrected chi connectivity index (χ2v) is 9.68. The molecule has 7 nitrogen and oxygen atoms in total. The Bertz CT molecular complexity index is 1590. The van der Waals surface area contributed by atoms with E-state index in [0.717, 1.165) is 45.2 Å². The van der Waals surface area contributed by atoms with Crippen molar-refractivity contribution in [1.29, 1.82) is 0 Å². The SMILES string of the molecule is C=C=C(Nc1cc(C(=NC)N=C(C=C)[C@H]2C[C@@H]2F)ccc1C)/C(=C/N)c1cc(-c2c(C)nc(C)nc2C)ccn1.[HH]. The lowest BCUT2D eigenvalue weighted by atomic mass is 10.00. The zero-order valence-corrected chi connectivity index (χ0v) is 23.6. The molecule has 2 aromatic heterocycles. The first-order valence-electron chi connectivity index (χ1n) is 13.0. The van der Waals surface area contributed by atoms with Gasteiger partial charge in [-0.25, -0.2) is 19.4 Å². The molecule has 8 heteroatoms. The van der Waals surface area contributed by atoms with Crippen LogP contribution < -0.4 is 11.1 Å². The summed E-state index contributed by atoms with van der Waals surface area (Å²) in [4.78, 5) is 22.6. The van der Waals surface area contributed by atoms with Gasteiger partial charge in [0.15, 0.2) is 5.84 Å². The molecule has 0 saturated heterocycles. The molecule has 1 aromatic carbocycles. The van der Waals surface area contributed by atoms with Crippen LogP contribution in [0.25, 0.3) is 16.7 Å². The van der Waals surface area contributed by atoms with Gasteiger partial charge in [-0.05, 0) is 69.5 Å². The Kier molecular flexibility index (Phi) is 8.51. The topological polar surface area (TPSA) is 101 Å². The molecule has 40 heavy (non-hydrogen) atoms. The van der Waals surface area contributed by atoms with Gasteiger partial charge >= 0.3 is 0 Å². The molecule has 0 aliphatic heterocycles. The maximum absolute atomic E-state index is 13.7. The summed E-state index contributed by atoms with van der Waals surface area (Å²) in [6, 6.07) is 9.73. The lowest BCUT2D eigenvalue weighted by Crippen LogP contribution is -2.09. The van der Waals surface area contributed by atoms with Crippen molar-refractivity contribution in [3.05, 3.63) is 107 Å². The number of amidine groups is 1. The molecule has 0 amide bonds. The molecule has 1 aliphatic carbocycles. The molecule has 206 valence electrons.